The van der Waals surface area contributed by atoms with Crippen molar-refractivity contribution in [1.82, 2.24) is 25.1 Å². The molecule has 7 heteroatoms. The summed E-state index contributed by atoms with van der Waals surface area (Å²) >= 11 is 6.35. The van der Waals surface area contributed by atoms with Crippen LogP contribution in [0.15, 0.2) is 24.4 Å². The van der Waals surface area contributed by atoms with E-state index in [1.165, 1.54) is 12.8 Å². The van der Waals surface area contributed by atoms with Gasteiger partial charge in [0, 0.05) is 50.4 Å². The van der Waals surface area contributed by atoms with Gasteiger partial charge >= 0.3 is 0 Å². The molecule has 0 spiro atoms. The zero-order valence-electron chi connectivity index (χ0n) is 15.2. The minimum absolute atomic E-state index is 0.524. The molecule has 0 aliphatic carbocycles. The van der Waals surface area contributed by atoms with Crippen LogP contribution in [0.1, 0.15) is 29.7 Å². The first-order valence-corrected chi connectivity index (χ1v) is 9.39. The van der Waals surface area contributed by atoms with E-state index < -0.39 is 0 Å². The molecule has 3 aromatic heterocycles. The van der Waals surface area contributed by atoms with Crippen molar-refractivity contribution in [2.45, 2.75) is 32.9 Å². The average molecular weight is 371 g/mol. The second kappa shape index (κ2) is 7.21. The highest BCUT2D eigenvalue weighted by Gasteiger charge is 2.13. The van der Waals surface area contributed by atoms with Crippen molar-refractivity contribution < 1.29 is 0 Å². The molecule has 6 nitrogen and oxygen atoms in total. The van der Waals surface area contributed by atoms with E-state index in [1.807, 2.05) is 20.2 Å². The molecule has 1 aliphatic heterocycles. The first kappa shape index (κ1) is 17.2. The van der Waals surface area contributed by atoms with Crippen molar-refractivity contribution in [1.29, 1.82) is 0 Å². The maximum absolute atomic E-state index is 6.35. The molecule has 1 saturated heterocycles. The lowest BCUT2D eigenvalue weighted by Crippen LogP contribution is -2.19. The Balaban J connectivity index is 1.40. The summed E-state index contributed by atoms with van der Waals surface area (Å²) in [6, 6.07) is 6.33. The molecular formula is C19H23ClN6. The van der Waals surface area contributed by atoms with Gasteiger partial charge < -0.3 is 10.2 Å². The van der Waals surface area contributed by atoms with Crippen LogP contribution in [-0.2, 0) is 20.1 Å². The van der Waals surface area contributed by atoms with E-state index in [1.54, 1.807) is 4.68 Å². The number of hydrogen-bond acceptors (Lipinski definition) is 5. The minimum atomic E-state index is 0.524. The fraction of sp³-hybridized carbons (Fsp3) is 0.421. The van der Waals surface area contributed by atoms with Crippen LogP contribution in [0.5, 0.6) is 0 Å². The fourth-order valence-corrected chi connectivity index (χ4v) is 3.68. The Hall–Kier alpha value is -2.18. The van der Waals surface area contributed by atoms with Gasteiger partial charge in [-0.05, 0) is 37.5 Å². The van der Waals surface area contributed by atoms with E-state index >= 15 is 0 Å². The summed E-state index contributed by atoms with van der Waals surface area (Å²) in [4.78, 5) is 11.4. The van der Waals surface area contributed by atoms with E-state index in [2.05, 4.69) is 43.5 Å². The number of aryl methyl sites for hydroxylation is 2. The van der Waals surface area contributed by atoms with Crippen LogP contribution in [0.25, 0.3) is 11.0 Å². The molecule has 4 rings (SSSR count). The summed E-state index contributed by atoms with van der Waals surface area (Å²) in [6.07, 6.45) is 4.48. The number of aromatic nitrogens is 4. The third kappa shape index (κ3) is 3.39. The van der Waals surface area contributed by atoms with Crippen LogP contribution in [0, 0.1) is 6.92 Å². The second-order valence-electron chi connectivity index (χ2n) is 6.84. The summed E-state index contributed by atoms with van der Waals surface area (Å²) in [7, 11) is 1.88. The molecule has 0 radical (unpaired) electrons. The van der Waals surface area contributed by atoms with Gasteiger partial charge in [0.25, 0.3) is 0 Å². The van der Waals surface area contributed by atoms with Gasteiger partial charge in [-0.2, -0.15) is 5.10 Å². The van der Waals surface area contributed by atoms with Crippen LogP contribution < -0.4 is 10.2 Å². The molecule has 3 aromatic rings. The maximum atomic E-state index is 6.35. The molecule has 136 valence electrons. The summed E-state index contributed by atoms with van der Waals surface area (Å²) in [5.41, 5.74) is 3.93. The summed E-state index contributed by atoms with van der Waals surface area (Å²) in [6.45, 7) is 5.62. The third-order valence-corrected chi connectivity index (χ3v) is 5.24. The Kier molecular flexibility index (Phi) is 4.78. The van der Waals surface area contributed by atoms with E-state index in [4.69, 9.17) is 11.6 Å². The molecule has 4 heterocycles. The number of nitrogens with zero attached hydrogens (tertiary/aromatic N) is 5. The van der Waals surface area contributed by atoms with Crippen molar-refractivity contribution in [2.75, 3.05) is 18.0 Å². The van der Waals surface area contributed by atoms with E-state index in [9.17, 15) is 0 Å². The topological polar surface area (TPSA) is 58.9 Å². The lowest BCUT2D eigenvalue weighted by Gasteiger charge is -2.16. The normalized spacial score (nSPS) is 14.5. The van der Waals surface area contributed by atoms with Gasteiger partial charge in [0.15, 0.2) is 5.65 Å². The van der Waals surface area contributed by atoms with Gasteiger partial charge in [0.2, 0.25) is 0 Å². The van der Waals surface area contributed by atoms with Gasteiger partial charge in [0.1, 0.15) is 11.0 Å². The number of fused-ring (bicyclic) bond motifs is 1. The molecular weight excluding hydrogens is 348 g/mol. The maximum Gasteiger partial charge on any atom is 0.159 e. The molecule has 0 aromatic carbocycles. The fourth-order valence-electron chi connectivity index (χ4n) is 3.48. The van der Waals surface area contributed by atoms with Gasteiger partial charge in [-0.15, -0.1) is 0 Å². The number of anilines is 1. The monoisotopic (exact) mass is 370 g/mol. The van der Waals surface area contributed by atoms with E-state index in [-0.39, 0.29) is 0 Å². The van der Waals surface area contributed by atoms with E-state index in [0.717, 1.165) is 53.3 Å². The Morgan fingerprint density at radius 2 is 2.00 bits per heavy atom. The minimum Gasteiger partial charge on any atom is -0.357 e. The van der Waals surface area contributed by atoms with Gasteiger partial charge in [-0.3, -0.25) is 4.68 Å². The number of rotatable bonds is 5. The highest BCUT2D eigenvalue weighted by atomic mass is 35.5. The van der Waals surface area contributed by atoms with E-state index in [0.29, 0.717) is 11.7 Å². The summed E-state index contributed by atoms with van der Waals surface area (Å²) in [5.74, 6) is 1.08. The Morgan fingerprint density at radius 1 is 1.19 bits per heavy atom. The van der Waals surface area contributed by atoms with Crippen LogP contribution in [0.2, 0.25) is 5.15 Å². The molecule has 0 unspecified atom stereocenters. The number of halogens is 1. The van der Waals surface area contributed by atoms with Crippen molar-refractivity contribution in [3.8, 4) is 0 Å². The molecule has 0 saturated carbocycles. The molecule has 1 N–H and O–H groups in total. The van der Waals surface area contributed by atoms with Gasteiger partial charge in [-0.1, -0.05) is 17.7 Å². The first-order valence-electron chi connectivity index (χ1n) is 9.01. The zero-order valence-corrected chi connectivity index (χ0v) is 15.9. The number of pyridine rings is 2. The third-order valence-electron chi connectivity index (χ3n) is 4.91. The molecule has 0 bridgehead atoms. The van der Waals surface area contributed by atoms with Crippen LogP contribution in [0.3, 0.4) is 0 Å². The standard InChI is InChI=1S/C19H23ClN6/c1-13-16-9-15(18(20)23-19(16)25(2)24-13)12-21-10-14-5-6-17(22-11-14)26-7-3-4-8-26/h5-6,9,11,21H,3-4,7-8,10,12H2,1-2H3. The van der Waals surface area contributed by atoms with Crippen LogP contribution in [0.4, 0.5) is 5.82 Å². The van der Waals surface area contributed by atoms with Crippen molar-refractivity contribution in [3.05, 3.63) is 46.4 Å². The highest BCUT2D eigenvalue weighted by Crippen LogP contribution is 2.23. The van der Waals surface area contributed by atoms with Crippen LogP contribution >= 0.6 is 11.6 Å². The highest BCUT2D eigenvalue weighted by molar-refractivity contribution is 6.30. The molecule has 1 aliphatic rings. The largest absolute Gasteiger partial charge is 0.357 e. The Bertz CT molecular complexity index is 912. The Labute approximate surface area is 158 Å². The van der Waals surface area contributed by atoms with Gasteiger partial charge in [0.05, 0.1) is 5.69 Å². The number of nitrogens with one attached hydrogen (secondary N) is 1. The first-order chi connectivity index (χ1) is 12.6. The van der Waals surface area contributed by atoms with Gasteiger partial charge in [-0.25, -0.2) is 9.97 Å². The second-order valence-corrected chi connectivity index (χ2v) is 7.20. The van der Waals surface area contributed by atoms with Crippen molar-refractivity contribution in [2.24, 2.45) is 7.05 Å². The average Bonchev–Trinajstić information content (AvgIpc) is 3.25. The summed E-state index contributed by atoms with van der Waals surface area (Å²) in [5, 5.41) is 9.41. The Morgan fingerprint density at radius 3 is 2.73 bits per heavy atom. The smallest absolute Gasteiger partial charge is 0.159 e. The lowest BCUT2D eigenvalue weighted by atomic mass is 10.2. The molecule has 1 fully saturated rings. The molecule has 26 heavy (non-hydrogen) atoms. The number of hydrogen-bond donors (Lipinski definition) is 1. The van der Waals surface area contributed by atoms with Crippen LogP contribution in [-0.4, -0.2) is 32.8 Å². The predicted molar refractivity (Wildman–Crippen MR) is 104 cm³/mol. The molecule has 0 atom stereocenters. The quantitative estimate of drug-likeness (QED) is 0.699. The zero-order chi connectivity index (χ0) is 18.1. The summed E-state index contributed by atoms with van der Waals surface area (Å²) < 4.78 is 1.77. The lowest BCUT2D eigenvalue weighted by molar-refractivity contribution is 0.690. The molecule has 0 amide bonds. The van der Waals surface area contributed by atoms with Crippen molar-refractivity contribution >= 4 is 28.5 Å². The van der Waals surface area contributed by atoms with Crippen molar-refractivity contribution in [3.63, 3.8) is 0 Å². The predicted octanol–water partition coefficient (Wildman–Crippen LogP) is 3.22. The SMILES string of the molecule is Cc1nn(C)c2nc(Cl)c(CNCc3ccc(N4CCCC4)nc3)cc12.